The summed E-state index contributed by atoms with van der Waals surface area (Å²) < 4.78 is 4.71. The summed E-state index contributed by atoms with van der Waals surface area (Å²) in [7, 11) is 1.74. The SMILES string of the molecule is CNc1ncc(Cl)c(NCc2ccon2)n1. The Morgan fingerprint density at radius 2 is 2.38 bits per heavy atom. The fourth-order valence-corrected chi connectivity index (χ4v) is 1.27. The minimum atomic E-state index is 0.461. The number of anilines is 2. The van der Waals surface area contributed by atoms with Gasteiger partial charge < -0.3 is 15.2 Å². The van der Waals surface area contributed by atoms with E-state index in [2.05, 4.69) is 25.8 Å². The normalized spacial score (nSPS) is 10.1. The maximum absolute atomic E-state index is 5.93. The third kappa shape index (κ3) is 2.40. The van der Waals surface area contributed by atoms with Crippen molar-refractivity contribution in [3.63, 3.8) is 0 Å². The largest absolute Gasteiger partial charge is 0.364 e. The lowest BCUT2D eigenvalue weighted by atomic mass is 10.4. The second-order valence-electron chi connectivity index (χ2n) is 2.98. The first-order chi connectivity index (χ1) is 7.79. The molecule has 2 aromatic heterocycles. The van der Waals surface area contributed by atoms with Crippen molar-refractivity contribution >= 4 is 23.4 Å². The predicted octanol–water partition coefficient (Wildman–Crippen LogP) is 1.77. The summed E-state index contributed by atoms with van der Waals surface area (Å²) in [6, 6.07) is 1.76. The highest BCUT2D eigenvalue weighted by Crippen LogP contribution is 2.19. The monoisotopic (exact) mass is 239 g/mol. The van der Waals surface area contributed by atoms with Crippen LogP contribution >= 0.6 is 11.6 Å². The third-order valence-electron chi connectivity index (χ3n) is 1.90. The molecule has 0 amide bonds. The smallest absolute Gasteiger partial charge is 0.224 e. The van der Waals surface area contributed by atoms with E-state index in [1.807, 2.05) is 0 Å². The summed E-state index contributed by atoms with van der Waals surface area (Å²) in [6.45, 7) is 0.496. The van der Waals surface area contributed by atoms with Crippen LogP contribution in [0.25, 0.3) is 0 Å². The van der Waals surface area contributed by atoms with E-state index in [4.69, 9.17) is 16.1 Å². The van der Waals surface area contributed by atoms with Gasteiger partial charge in [0.2, 0.25) is 5.95 Å². The minimum absolute atomic E-state index is 0.461. The molecule has 84 valence electrons. The molecule has 0 fully saturated rings. The summed E-state index contributed by atoms with van der Waals surface area (Å²) >= 11 is 5.93. The van der Waals surface area contributed by atoms with E-state index < -0.39 is 0 Å². The Labute approximate surface area is 97.0 Å². The van der Waals surface area contributed by atoms with Gasteiger partial charge in [0.25, 0.3) is 0 Å². The van der Waals surface area contributed by atoms with Crippen LogP contribution in [0.5, 0.6) is 0 Å². The molecule has 7 heteroatoms. The number of hydrogen-bond donors (Lipinski definition) is 2. The van der Waals surface area contributed by atoms with Gasteiger partial charge in [0.15, 0.2) is 5.82 Å². The van der Waals surface area contributed by atoms with Gasteiger partial charge in [0, 0.05) is 13.1 Å². The maximum atomic E-state index is 5.93. The standard InChI is InChI=1S/C9H10ClN5O/c1-11-9-13-5-7(10)8(14-9)12-4-6-2-3-16-15-6/h2-3,5H,4H2,1H3,(H2,11,12,13,14). The molecule has 16 heavy (non-hydrogen) atoms. The second-order valence-corrected chi connectivity index (χ2v) is 3.39. The molecule has 0 radical (unpaired) electrons. The van der Waals surface area contributed by atoms with Gasteiger partial charge in [-0.15, -0.1) is 0 Å². The minimum Gasteiger partial charge on any atom is -0.364 e. The molecule has 2 heterocycles. The summed E-state index contributed by atoms with van der Waals surface area (Å²) in [4.78, 5) is 8.14. The molecule has 0 aliphatic carbocycles. The highest BCUT2D eigenvalue weighted by molar-refractivity contribution is 6.32. The van der Waals surface area contributed by atoms with Crippen LogP contribution < -0.4 is 10.6 Å². The highest BCUT2D eigenvalue weighted by Gasteiger charge is 2.05. The van der Waals surface area contributed by atoms with Crippen LogP contribution in [0.15, 0.2) is 23.0 Å². The zero-order valence-corrected chi connectivity index (χ0v) is 9.32. The number of nitrogens with one attached hydrogen (secondary N) is 2. The van der Waals surface area contributed by atoms with Crippen LogP contribution in [0.4, 0.5) is 11.8 Å². The van der Waals surface area contributed by atoms with Crippen molar-refractivity contribution in [3.05, 3.63) is 29.2 Å². The number of halogens is 1. The molecule has 2 N–H and O–H groups in total. The first-order valence-corrected chi connectivity index (χ1v) is 5.01. The first-order valence-electron chi connectivity index (χ1n) is 4.63. The van der Waals surface area contributed by atoms with Crippen molar-refractivity contribution < 1.29 is 4.52 Å². The number of aromatic nitrogens is 3. The topological polar surface area (TPSA) is 75.9 Å². The van der Waals surface area contributed by atoms with Crippen LogP contribution in [-0.4, -0.2) is 22.2 Å². The number of rotatable bonds is 4. The predicted molar refractivity (Wildman–Crippen MR) is 60.4 cm³/mol. The van der Waals surface area contributed by atoms with E-state index in [0.29, 0.717) is 23.3 Å². The second kappa shape index (κ2) is 4.80. The van der Waals surface area contributed by atoms with E-state index in [-0.39, 0.29) is 0 Å². The van der Waals surface area contributed by atoms with Crippen molar-refractivity contribution in [2.75, 3.05) is 17.7 Å². The van der Waals surface area contributed by atoms with E-state index >= 15 is 0 Å². The molecule has 0 saturated carbocycles. The molecular weight excluding hydrogens is 230 g/mol. The summed E-state index contributed by atoms with van der Waals surface area (Å²) in [5.74, 6) is 1.07. The van der Waals surface area contributed by atoms with Gasteiger partial charge in [-0.3, -0.25) is 0 Å². The molecule has 0 saturated heterocycles. The molecule has 0 aromatic carbocycles. The van der Waals surface area contributed by atoms with Crippen molar-refractivity contribution in [3.8, 4) is 0 Å². The van der Waals surface area contributed by atoms with Crippen LogP contribution in [0.2, 0.25) is 5.02 Å². The Morgan fingerprint density at radius 1 is 1.50 bits per heavy atom. The van der Waals surface area contributed by atoms with E-state index in [9.17, 15) is 0 Å². The van der Waals surface area contributed by atoms with Gasteiger partial charge in [-0.1, -0.05) is 16.8 Å². The third-order valence-corrected chi connectivity index (χ3v) is 2.17. The zero-order chi connectivity index (χ0) is 11.4. The zero-order valence-electron chi connectivity index (χ0n) is 8.57. The van der Waals surface area contributed by atoms with Gasteiger partial charge >= 0.3 is 0 Å². The van der Waals surface area contributed by atoms with Crippen LogP contribution in [-0.2, 0) is 6.54 Å². The quantitative estimate of drug-likeness (QED) is 0.847. The Hall–Kier alpha value is -1.82. The molecular formula is C9H10ClN5O. The molecule has 0 bridgehead atoms. The highest BCUT2D eigenvalue weighted by atomic mass is 35.5. The van der Waals surface area contributed by atoms with Gasteiger partial charge in [-0.25, -0.2) is 4.98 Å². The van der Waals surface area contributed by atoms with Gasteiger partial charge in [0.1, 0.15) is 17.0 Å². The molecule has 0 aliphatic rings. The Morgan fingerprint density at radius 3 is 3.06 bits per heavy atom. The fourth-order valence-electron chi connectivity index (χ4n) is 1.11. The lowest BCUT2D eigenvalue weighted by Gasteiger charge is -2.06. The van der Waals surface area contributed by atoms with Crippen LogP contribution in [0.1, 0.15) is 5.69 Å². The molecule has 2 aromatic rings. The van der Waals surface area contributed by atoms with Crippen molar-refractivity contribution in [2.45, 2.75) is 6.54 Å². The van der Waals surface area contributed by atoms with E-state index in [1.54, 1.807) is 13.1 Å². The average Bonchev–Trinajstić information content (AvgIpc) is 2.81. The van der Waals surface area contributed by atoms with Crippen LogP contribution in [0.3, 0.4) is 0 Å². The molecule has 0 atom stereocenters. The fraction of sp³-hybridized carbons (Fsp3) is 0.222. The molecule has 6 nitrogen and oxygen atoms in total. The molecule has 2 rings (SSSR count). The van der Waals surface area contributed by atoms with Crippen molar-refractivity contribution in [1.29, 1.82) is 0 Å². The number of nitrogens with zero attached hydrogens (tertiary/aromatic N) is 3. The Bertz CT molecular complexity index is 459. The lowest BCUT2D eigenvalue weighted by molar-refractivity contribution is 0.412. The average molecular weight is 240 g/mol. The summed E-state index contributed by atoms with van der Waals surface area (Å²) in [6.07, 6.45) is 3.04. The Kier molecular flexibility index (Phi) is 3.21. The number of hydrogen-bond acceptors (Lipinski definition) is 6. The maximum Gasteiger partial charge on any atom is 0.224 e. The van der Waals surface area contributed by atoms with Crippen molar-refractivity contribution in [2.24, 2.45) is 0 Å². The summed E-state index contributed by atoms with van der Waals surface area (Å²) in [5.41, 5.74) is 0.778. The van der Waals surface area contributed by atoms with Gasteiger partial charge in [-0.2, -0.15) is 4.98 Å². The first kappa shape index (κ1) is 10.7. The van der Waals surface area contributed by atoms with Crippen molar-refractivity contribution in [1.82, 2.24) is 15.1 Å². The summed E-state index contributed by atoms with van der Waals surface area (Å²) in [5, 5.41) is 10.1. The van der Waals surface area contributed by atoms with Crippen LogP contribution in [0, 0.1) is 0 Å². The lowest BCUT2D eigenvalue weighted by Crippen LogP contribution is -2.05. The molecule has 0 aliphatic heterocycles. The Balaban J connectivity index is 2.08. The molecule has 0 spiro atoms. The molecule has 0 unspecified atom stereocenters. The van der Waals surface area contributed by atoms with E-state index in [1.165, 1.54) is 12.5 Å². The van der Waals surface area contributed by atoms with Gasteiger partial charge in [-0.05, 0) is 0 Å². The van der Waals surface area contributed by atoms with Gasteiger partial charge in [0.05, 0.1) is 12.7 Å². The van der Waals surface area contributed by atoms with E-state index in [0.717, 1.165) is 5.69 Å².